The summed E-state index contributed by atoms with van der Waals surface area (Å²) in [5.74, 6) is 1.76. The largest absolute Gasteiger partial charge is 0.466 e. The van der Waals surface area contributed by atoms with Crippen molar-refractivity contribution in [1.82, 2.24) is 0 Å². The Balaban J connectivity index is 2.08. The van der Waals surface area contributed by atoms with Gasteiger partial charge >= 0.3 is 0 Å². The molecular formula is C17H30O2. The Hall–Kier alpha value is -0.760. The van der Waals surface area contributed by atoms with Crippen molar-refractivity contribution in [1.29, 1.82) is 0 Å². The highest BCUT2D eigenvalue weighted by Crippen LogP contribution is 2.25. The second-order valence-electron chi connectivity index (χ2n) is 5.65. The minimum Gasteiger partial charge on any atom is -0.466 e. The van der Waals surface area contributed by atoms with Gasteiger partial charge in [0.05, 0.1) is 6.10 Å². The molecule has 1 aromatic rings. The van der Waals surface area contributed by atoms with Crippen LogP contribution in [0.5, 0.6) is 0 Å². The maximum atomic E-state index is 10.1. The lowest BCUT2D eigenvalue weighted by molar-refractivity contribution is 0.161. The van der Waals surface area contributed by atoms with Gasteiger partial charge in [-0.1, -0.05) is 58.3 Å². The zero-order valence-electron chi connectivity index (χ0n) is 12.9. The van der Waals surface area contributed by atoms with Crippen molar-refractivity contribution in [2.24, 2.45) is 0 Å². The van der Waals surface area contributed by atoms with Gasteiger partial charge in [0.15, 0.2) is 0 Å². The van der Waals surface area contributed by atoms with Crippen molar-refractivity contribution in [2.75, 3.05) is 0 Å². The van der Waals surface area contributed by atoms with E-state index in [0.717, 1.165) is 29.9 Å². The SMILES string of the molecule is CCCCCCCCCCC(O)c1cc(C)oc1C. The van der Waals surface area contributed by atoms with Gasteiger partial charge in [0.25, 0.3) is 0 Å². The molecule has 0 aliphatic carbocycles. The summed E-state index contributed by atoms with van der Waals surface area (Å²) < 4.78 is 5.46. The maximum Gasteiger partial charge on any atom is 0.106 e. The second-order valence-corrected chi connectivity index (χ2v) is 5.65. The van der Waals surface area contributed by atoms with E-state index in [1.807, 2.05) is 19.9 Å². The first-order chi connectivity index (χ1) is 9.15. The van der Waals surface area contributed by atoms with E-state index < -0.39 is 0 Å². The second kappa shape index (κ2) is 9.19. The minimum atomic E-state index is -0.349. The van der Waals surface area contributed by atoms with Gasteiger partial charge in [-0.25, -0.2) is 0 Å². The highest BCUT2D eigenvalue weighted by molar-refractivity contribution is 5.22. The molecule has 1 heterocycles. The summed E-state index contributed by atoms with van der Waals surface area (Å²) in [6.07, 6.45) is 10.9. The monoisotopic (exact) mass is 266 g/mol. The number of hydrogen-bond acceptors (Lipinski definition) is 2. The van der Waals surface area contributed by atoms with E-state index in [9.17, 15) is 5.11 Å². The van der Waals surface area contributed by atoms with Gasteiger partial charge in [-0.2, -0.15) is 0 Å². The molecule has 0 fully saturated rings. The number of furan rings is 1. The molecule has 0 aromatic carbocycles. The van der Waals surface area contributed by atoms with Crippen LogP contribution >= 0.6 is 0 Å². The number of aliphatic hydroxyl groups is 1. The molecule has 0 saturated heterocycles. The Kier molecular flexibility index (Phi) is 7.88. The molecule has 0 saturated carbocycles. The predicted molar refractivity (Wildman–Crippen MR) is 80.4 cm³/mol. The lowest BCUT2D eigenvalue weighted by Crippen LogP contribution is -1.97. The van der Waals surface area contributed by atoms with Gasteiger partial charge in [0.2, 0.25) is 0 Å². The number of rotatable bonds is 10. The first-order valence-electron chi connectivity index (χ1n) is 7.90. The van der Waals surface area contributed by atoms with Crippen LogP contribution < -0.4 is 0 Å². The van der Waals surface area contributed by atoms with Crippen molar-refractivity contribution < 1.29 is 9.52 Å². The number of unbranched alkanes of at least 4 members (excludes halogenated alkanes) is 7. The molecule has 1 aromatic heterocycles. The number of aliphatic hydroxyl groups excluding tert-OH is 1. The Bertz CT molecular complexity index is 341. The zero-order chi connectivity index (χ0) is 14.1. The average Bonchev–Trinajstić information content (AvgIpc) is 2.71. The molecule has 0 bridgehead atoms. The van der Waals surface area contributed by atoms with Crippen molar-refractivity contribution in [3.05, 3.63) is 23.2 Å². The van der Waals surface area contributed by atoms with Crippen LogP contribution in [0.1, 0.15) is 87.9 Å². The molecule has 0 radical (unpaired) electrons. The zero-order valence-corrected chi connectivity index (χ0v) is 12.9. The fourth-order valence-corrected chi connectivity index (χ4v) is 2.61. The van der Waals surface area contributed by atoms with Crippen LogP contribution in [-0.2, 0) is 0 Å². The Morgan fingerprint density at radius 3 is 2.11 bits per heavy atom. The molecule has 0 aliphatic rings. The standard InChI is InChI=1S/C17H30O2/c1-4-5-6-7-8-9-10-11-12-17(18)16-13-14(2)19-15(16)3/h13,17-18H,4-12H2,1-3H3. The molecule has 1 N–H and O–H groups in total. The van der Waals surface area contributed by atoms with Crippen molar-refractivity contribution in [3.63, 3.8) is 0 Å². The molecular weight excluding hydrogens is 236 g/mol. The first kappa shape index (κ1) is 16.3. The van der Waals surface area contributed by atoms with Gasteiger partial charge in [-0.05, 0) is 26.3 Å². The van der Waals surface area contributed by atoms with E-state index >= 15 is 0 Å². The Morgan fingerprint density at radius 2 is 1.58 bits per heavy atom. The lowest BCUT2D eigenvalue weighted by Gasteiger charge is -2.09. The summed E-state index contributed by atoms with van der Waals surface area (Å²) >= 11 is 0. The topological polar surface area (TPSA) is 33.4 Å². The summed E-state index contributed by atoms with van der Waals surface area (Å²) in [7, 11) is 0. The van der Waals surface area contributed by atoms with E-state index in [0.29, 0.717) is 0 Å². The van der Waals surface area contributed by atoms with Crippen LogP contribution in [0, 0.1) is 13.8 Å². The van der Waals surface area contributed by atoms with Gasteiger partial charge in [0.1, 0.15) is 11.5 Å². The fourth-order valence-electron chi connectivity index (χ4n) is 2.61. The molecule has 1 rings (SSSR count). The van der Waals surface area contributed by atoms with Gasteiger partial charge < -0.3 is 9.52 Å². The highest BCUT2D eigenvalue weighted by Gasteiger charge is 2.13. The van der Waals surface area contributed by atoms with Crippen LogP contribution in [0.2, 0.25) is 0 Å². The molecule has 0 amide bonds. The predicted octanol–water partition coefficient (Wildman–Crippen LogP) is 5.46. The Morgan fingerprint density at radius 1 is 1.00 bits per heavy atom. The van der Waals surface area contributed by atoms with E-state index in [1.54, 1.807) is 0 Å². The normalized spacial score (nSPS) is 12.8. The van der Waals surface area contributed by atoms with E-state index in [4.69, 9.17) is 4.42 Å². The molecule has 2 nitrogen and oxygen atoms in total. The molecule has 1 atom stereocenters. The molecule has 110 valence electrons. The van der Waals surface area contributed by atoms with Gasteiger partial charge in [-0.15, -0.1) is 0 Å². The van der Waals surface area contributed by atoms with Crippen LogP contribution in [-0.4, -0.2) is 5.11 Å². The summed E-state index contributed by atoms with van der Waals surface area (Å²) in [6, 6.07) is 1.96. The first-order valence-corrected chi connectivity index (χ1v) is 7.90. The molecule has 1 unspecified atom stereocenters. The summed E-state index contributed by atoms with van der Waals surface area (Å²) in [5, 5.41) is 10.1. The minimum absolute atomic E-state index is 0.349. The Labute approximate surface area is 118 Å². The number of hydrogen-bond donors (Lipinski definition) is 1. The van der Waals surface area contributed by atoms with Gasteiger partial charge in [-0.3, -0.25) is 0 Å². The fraction of sp³-hybridized carbons (Fsp3) is 0.765. The van der Waals surface area contributed by atoms with Crippen molar-refractivity contribution >= 4 is 0 Å². The highest BCUT2D eigenvalue weighted by atomic mass is 16.3. The van der Waals surface area contributed by atoms with Crippen LogP contribution in [0.3, 0.4) is 0 Å². The van der Waals surface area contributed by atoms with Crippen LogP contribution in [0.25, 0.3) is 0 Å². The molecule has 0 spiro atoms. The van der Waals surface area contributed by atoms with Crippen LogP contribution in [0.4, 0.5) is 0 Å². The summed E-state index contributed by atoms with van der Waals surface area (Å²) in [4.78, 5) is 0. The third kappa shape index (κ3) is 6.29. The summed E-state index contributed by atoms with van der Waals surface area (Å²) in [5.41, 5.74) is 0.973. The van der Waals surface area contributed by atoms with E-state index in [-0.39, 0.29) is 6.10 Å². The molecule has 19 heavy (non-hydrogen) atoms. The molecule has 0 aliphatic heterocycles. The summed E-state index contributed by atoms with van der Waals surface area (Å²) in [6.45, 7) is 6.11. The third-order valence-electron chi connectivity index (χ3n) is 3.77. The lowest BCUT2D eigenvalue weighted by atomic mass is 10.0. The smallest absolute Gasteiger partial charge is 0.106 e. The molecule has 2 heteroatoms. The third-order valence-corrected chi connectivity index (χ3v) is 3.77. The number of aryl methyl sites for hydroxylation is 2. The van der Waals surface area contributed by atoms with Crippen molar-refractivity contribution in [2.45, 2.75) is 84.7 Å². The van der Waals surface area contributed by atoms with Crippen molar-refractivity contribution in [3.8, 4) is 0 Å². The van der Waals surface area contributed by atoms with Gasteiger partial charge in [0, 0.05) is 5.56 Å². The van der Waals surface area contributed by atoms with Crippen LogP contribution in [0.15, 0.2) is 10.5 Å². The average molecular weight is 266 g/mol. The van der Waals surface area contributed by atoms with E-state index in [1.165, 1.54) is 44.9 Å². The maximum absolute atomic E-state index is 10.1. The quantitative estimate of drug-likeness (QED) is 0.570. The van der Waals surface area contributed by atoms with E-state index in [2.05, 4.69) is 6.92 Å².